The van der Waals surface area contributed by atoms with Gasteiger partial charge in [-0.1, -0.05) is 24.3 Å². The zero-order chi connectivity index (χ0) is 19.1. The van der Waals surface area contributed by atoms with Gasteiger partial charge in [0.25, 0.3) is 0 Å². The highest BCUT2D eigenvalue weighted by atomic mass is 19.1. The number of ether oxygens (including phenoxy) is 1. The molecule has 0 spiro atoms. The molecule has 26 heavy (non-hydrogen) atoms. The summed E-state index contributed by atoms with van der Waals surface area (Å²) in [7, 11) is 0. The fourth-order valence-electron chi connectivity index (χ4n) is 2.77. The smallest absolute Gasteiger partial charge is 0.419 e. The number of nitrogens with zero attached hydrogens (tertiary/aromatic N) is 1. The van der Waals surface area contributed by atoms with E-state index in [0.717, 1.165) is 16.5 Å². The molecule has 4 nitrogen and oxygen atoms in total. The lowest BCUT2D eigenvalue weighted by atomic mass is 10.0. The molecular weight excluding hydrogens is 333 g/mol. The van der Waals surface area contributed by atoms with Gasteiger partial charge in [-0.15, -0.1) is 0 Å². The third-order valence-corrected chi connectivity index (χ3v) is 3.96. The predicted molar refractivity (Wildman–Crippen MR) is 99.0 cm³/mol. The molecular formula is C21H20FNO3. The largest absolute Gasteiger partial charge is 0.443 e. The Morgan fingerprint density at radius 1 is 1.04 bits per heavy atom. The lowest BCUT2D eigenvalue weighted by molar-refractivity contribution is 0.0544. The number of ketones is 1. The van der Waals surface area contributed by atoms with Gasteiger partial charge in [0.05, 0.1) is 5.52 Å². The van der Waals surface area contributed by atoms with Gasteiger partial charge in [-0.25, -0.2) is 9.18 Å². The van der Waals surface area contributed by atoms with Crippen LogP contribution < -0.4 is 0 Å². The monoisotopic (exact) mass is 353 g/mol. The van der Waals surface area contributed by atoms with Crippen LogP contribution in [0.1, 0.15) is 38.1 Å². The SMILES string of the molecule is CC(=O)c1ccc2c(-c3ccc(F)cc3)cn(C(=O)OC(C)(C)C)c2c1. The van der Waals surface area contributed by atoms with Gasteiger partial charge in [-0.05, 0) is 51.5 Å². The van der Waals surface area contributed by atoms with E-state index in [-0.39, 0.29) is 11.6 Å². The van der Waals surface area contributed by atoms with Crippen LogP contribution in [0, 0.1) is 5.82 Å². The van der Waals surface area contributed by atoms with Crippen LogP contribution >= 0.6 is 0 Å². The van der Waals surface area contributed by atoms with E-state index in [1.165, 1.54) is 23.6 Å². The summed E-state index contributed by atoms with van der Waals surface area (Å²) in [4.78, 5) is 24.4. The Hall–Kier alpha value is -2.95. The van der Waals surface area contributed by atoms with E-state index in [4.69, 9.17) is 4.74 Å². The average molecular weight is 353 g/mol. The lowest BCUT2D eigenvalue weighted by Crippen LogP contribution is -2.26. The van der Waals surface area contributed by atoms with Crippen LogP contribution in [0.4, 0.5) is 9.18 Å². The van der Waals surface area contributed by atoms with Gasteiger partial charge in [-0.3, -0.25) is 9.36 Å². The number of carbonyl (C=O) groups is 2. The van der Waals surface area contributed by atoms with E-state index in [1.807, 2.05) is 0 Å². The van der Waals surface area contributed by atoms with Crippen molar-refractivity contribution < 1.29 is 18.7 Å². The van der Waals surface area contributed by atoms with Crippen LogP contribution in [0.25, 0.3) is 22.0 Å². The van der Waals surface area contributed by atoms with Gasteiger partial charge in [0.2, 0.25) is 0 Å². The third-order valence-electron chi connectivity index (χ3n) is 3.96. The average Bonchev–Trinajstić information content (AvgIpc) is 2.93. The molecule has 2 aromatic carbocycles. The Kier molecular flexibility index (Phi) is 4.40. The van der Waals surface area contributed by atoms with Crippen LogP contribution in [0.5, 0.6) is 0 Å². The van der Waals surface area contributed by atoms with Crippen molar-refractivity contribution in [2.24, 2.45) is 0 Å². The predicted octanol–water partition coefficient (Wildman–Crippen LogP) is 5.43. The fourth-order valence-corrected chi connectivity index (χ4v) is 2.77. The molecule has 0 amide bonds. The van der Waals surface area contributed by atoms with E-state index in [1.54, 1.807) is 57.3 Å². The molecule has 0 aliphatic rings. The van der Waals surface area contributed by atoms with Crippen LogP contribution in [-0.4, -0.2) is 22.0 Å². The minimum atomic E-state index is -0.651. The number of benzene rings is 2. The molecule has 134 valence electrons. The minimum absolute atomic E-state index is 0.0906. The van der Waals surface area contributed by atoms with Crippen LogP contribution in [0.15, 0.2) is 48.7 Å². The molecule has 3 rings (SSSR count). The van der Waals surface area contributed by atoms with E-state index < -0.39 is 11.7 Å². The van der Waals surface area contributed by atoms with Crippen LogP contribution in [-0.2, 0) is 4.74 Å². The molecule has 0 atom stereocenters. The van der Waals surface area contributed by atoms with Crippen molar-refractivity contribution in [1.29, 1.82) is 0 Å². The van der Waals surface area contributed by atoms with Crippen molar-refractivity contribution in [3.63, 3.8) is 0 Å². The number of hydrogen-bond acceptors (Lipinski definition) is 3. The fraction of sp³-hybridized carbons (Fsp3) is 0.238. The molecule has 0 unspecified atom stereocenters. The number of halogens is 1. The highest BCUT2D eigenvalue weighted by molar-refractivity contribution is 6.04. The van der Waals surface area contributed by atoms with Crippen molar-refractivity contribution in [2.75, 3.05) is 0 Å². The molecule has 1 heterocycles. The number of aromatic nitrogens is 1. The molecule has 5 heteroatoms. The molecule has 0 aliphatic carbocycles. The van der Waals surface area contributed by atoms with Crippen molar-refractivity contribution in [3.05, 3.63) is 60.0 Å². The second-order valence-corrected chi connectivity index (χ2v) is 7.19. The van der Waals surface area contributed by atoms with Crippen molar-refractivity contribution in [2.45, 2.75) is 33.3 Å². The van der Waals surface area contributed by atoms with E-state index in [0.29, 0.717) is 11.1 Å². The van der Waals surface area contributed by atoms with Gasteiger partial charge in [0, 0.05) is 22.7 Å². The molecule has 0 aliphatic heterocycles. The van der Waals surface area contributed by atoms with E-state index in [2.05, 4.69) is 0 Å². The molecule has 0 N–H and O–H groups in total. The standard InChI is InChI=1S/C21H20FNO3/c1-13(24)15-7-10-17-18(14-5-8-16(22)9-6-14)12-23(19(17)11-15)20(25)26-21(2,3)4/h5-12H,1-4H3. The first-order chi connectivity index (χ1) is 12.2. The molecule has 0 bridgehead atoms. The molecule has 0 radical (unpaired) electrons. The van der Waals surface area contributed by atoms with Gasteiger partial charge in [0.1, 0.15) is 11.4 Å². The van der Waals surface area contributed by atoms with E-state index in [9.17, 15) is 14.0 Å². The van der Waals surface area contributed by atoms with Crippen molar-refractivity contribution in [1.82, 2.24) is 4.57 Å². The van der Waals surface area contributed by atoms with Gasteiger partial charge in [0.15, 0.2) is 5.78 Å². The quantitative estimate of drug-likeness (QED) is 0.577. The maximum Gasteiger partial charge on any atom is 0.419 e. The maximum atomic E-state index is 13.3. The number of hydrogen-bond donors (Lipinski definition) is 0. The zero-order valence-electron chi connectivity index (χ0n) is 15.2. The summed E-state index contributed by atoms with van der Waals surface area (Å²) < 4.78 is 20.1. The Labute approximate surface area is 151 Å². The highest BCUT2D eigenvalue weighted by Crippen LogP contribution is 2.32. The first-order valence-corrected chi connectivity index (χ1v) is 8.31. The number of fused-ring (bicyclic) bond motifs is 1. The molecule has 1 aromatic heterocycles. The van der Waals surface area contributed by atoms with Crippen LogP contribution in [0.2, 0.25) is 0 Å². The van der Waals surface area contributed by atoms with Gasteiger partial charge < -0.3 is 4.74 Å². The molecule has 0 fully saturated rings. The molecule has 0 saturated carbocycles. The van der Waals surface area contributed by atoms with Gasteiger partial charge in [-0.2, -0.15) is 0 Å². The summed E-state index contributed by atoms with van der Waals surface area (Å²) in [6, 6.07) is 11.2. The van der Waals surface area contributed by atoms with Crippen molar-refractivity contribution >= 4 is 22.8 Å². The van der Waals surface area contributed by atoms with Gasteiger partial charge >= 0.3 is 6.09 Å². The molecule has 0 saturated heterocycles. The zero-order valence-corrected chi connectivity index (χ0v) is 15.2. The third kappa shape index (κ3) is 3.52. The Balaban J connectivity index is 2.22. The topological polar surface area (TPSA) is 48.3 Å². The summed E-state index contributed by atoms with van der Waals surface area (Å²) in [5, 5.41) is 0.785. The highest BCUT2D eigenvalue weighted by Gasteiger charge is 2.21. The number of rotatable bonds is 2. The summed E-state index contributed by atoms with van der Waals surface area (Å²) >= 11 is 0. The number of Topliss-reactive ketones (excluding diaryl/α,β-unsaturated/α-hetero) is 1. The summed E-state index contributed by atoms with van der Waals surface area (Å²) in [6.45, 7) is 6.85. The maximum absolute atomic E-state index is 13.3. The van der Waals surface area contributed by atoms with Crippen molar-refractivity contribution in [3.8, 4) is 11.1 Å². The Morgan fingerprint density at radius 3 is 2.27 bits per heavy atom. The Morgan fingerprint density at radius 2 is 1.69 bits per heavy atom. The van der Waals surface area contributed by atoms with E-state index >= 15 is 0 Å². The summed E-state index contributed by atoms with van der Waals surface area (Å²) in [5.74, 6) is -0.421. The summed E-state index contributed by atoms with van der Waals surface area (Å²) in [6.07, 6.45) is 1.13. The first-order valence-electron chi connectivity index (χ1n) is 8.31. The molecule has 3 aromatic rings. The second-order valence-electron chi connectivity index (χ2n) is 7.19. The first kappa shape index (κ1) is 17.9. The van der Waals surface area contributed by atoms with Crippen LogP contribution in [0.3, 0.4) is 0 Å². The lowest BCUT2D eigenvalue weighted by Gasteiger charge is -2.19. The number of carbonyl (C=O) groups excluding carboxylic acids is 2. The minimum Gasteiger partial charge on any atom is -0.443 e. The normalized spacial score (nSPS) is 11.6. The Bertz CT molecular complexity index is 995. The second kappa shape index (κ2) is 6.41. The summed E-state index contributed by atoms with van der Waals surface area (Å²) in [5.41, 5.74) is 1.97.